The van der Waals surface area contributed by atoms with Crippen LogP contribution in [-0.2, 0) is 0 Å². The molecule has 42 heavy (non-hydrogen) atoms. The van der Waals surface area contributed by atoms with Crippen molar-refractivity contribution in [1.29, 1.82) is 10.5 Å². The number of nitrogens with zero attached hydrogens (tertiary/aromatic N) is 3. The van der Waals surface area contributed by atoms with Crippen LogP contribution in [0.2, 0.25) is 0 Å². The van der Waals surface area contributed by atoms with Gasteiger partial charge in [0.15, 0.2) is 0 Å². The third-order valence-corrected chi connectivity index (χ3v) is 8.47. The van der Waals surface area contributed by atoms with E-state index in [1.807, 2.05) is 36.4 Å². The van der Waals surface area contributed by atoms with Crippen molar-refractivity contribution in [3.8, 4) is 40.1 Å². The Kier molecular flexibility index (Phi) is 5.33. The van der Waals surface area contributed by atoms with Crippen LogP contribution in [-0.4, -0.2) is 4.57 Å². The molecule has 0 saturated carbocycles. The molecule has 1 aliphatic carbocycles. The van der Waals surface area contributed by atoms with Crippen molar-refractivity contribution in [1.82, 2.24) is 4.57 Å². The van der Waals surface area contributed by atoms with E-state index in [-0.39, 0.29) is 5.92 Å². The summed E-state index contributed by atoms with van der Waals surface area (Å²) in [5.74, 6) is 0.0282. The van der Waals surface area contributed by atoms with Gasteiger partial charge in [0.1, 0.15) is 0 Å². The van der Waals surface area contributed by atoms with E-state index in [1.165, 1.54) is 33.0 Å². The van der Waals surface area contributed by atoms with Gasteiger partial charge in [0.05, 0.1) is 34.3 Å². The molecular weight excluding hydrogens is 510 g/mol. The number of nitriles is 2. The molecule has 194 valence electrons. The van der Waals surface area contributed by atoms with Crippen molar-refractivity contribution in [3.05, 3.63) is 161 Å². The smallest absolute Gasteiger partial charge is 0.0992 e. The van der Waals surface area contributed by atoms with Crippen LogP contribution in [0.3, 0.4) is 0 Å². The molecular formula is C39H23N3. The average Bonchev–Trinajstić information content (AvgIpc) is 3.57. The fourth-order valence-corrected chi connectivity index (χ4v) is 6.74. The zero-order valence-electron chi connectivity index (χ0n) is 22.6. The lowest BCUT2D eigenvalue weighted by Gasteiger charge is -2.17. The van der Waals surface area contributed by atoms with Crippen molar-refractivity contribution in [2.24, 2.45) is 0 Å². The molecule has 6 aromatic carbocycles. The molecule has 0 bridgehead atoms. The number of aromatic nitrogens is 1. The molecule has 0 amide bonds. The number of benzene rings is 6. The van der Waals surface area contributed by atoms with E-state index >= 15 is 0 Å². The van der Waals surface area contributed by atoms with Crippen LogP contribution < -0.4 is 0 Å². The summed E-state index contributed by atoms with van der Waals surface area (Å²) in [5, 5.41) is 22.5. The maximum atomic E-state index is 10.1. The van der Waals surface area contributed by atoms with Crippen molar-refractivity contribution in [3.63, 3.8) is 0 Å². The first-order valence-corrected chi connectivity index (χ1v) is 14.0. The summed E-state index contributed by atoms with van der Waals surface area (Å²) in [7, 11) is 0. The van der Waals surface area contributed by atoms with E-state index in [1.54, 1.807) is 0 Å². The van der Waals surface area contributed by atoms with E-state index in [9.17, 15) is 10.5 Å². The van der Waals surface area contributed by atoms with Crippen LogP contribution in [0.5, 0.6) is 0 Å². The van der Waals surface area contributed by atoms with Gasteiger partial charge >= 0.3 is 0 Å². The topological polar surface area (TPSA) is 52.5 Å². The Hall–Kier alpha value is -5.90. The van der Waals surface area contributed by atoms with Gasteiger partial charge in [-0.15, -0.1) is 0 Å². The molecule has 0 radical (unpaired) electrons. The average molecular weight is 534 g/mol. The second-order valence-corrected chi connectivity index (χ2v) is 10.8. The first-order valence-electron chi connectivity index (χ1n) is 14.0. The number of hydrogen-bond acceptors (Lipinski definition) is 2. The summed E-state index contributed by atoms with van der Waals surface area (Å²) in [6, 6.07) is 50.7. The normalized spacial score (nSPS) is 12.1. The predicted molar refractivity (Wildman–Crippen MR) is 168 cm³/mol. The van der Waals surface area contributed by atoms with Gasteiger partial charge in [-0.2, -0.15) is 10.5 Å². The standard InChI is InChI=1S/C39H23N3/c40-23-25-17-27(21-29(19-25)39-35-13-3-1-9-31(35)32-10-2-4-14-36(32)39)28-18-26(24-41)20-30(22-28)42-37-15-7-5-11-33(37)34-12-6-8-16-38(34)42/h1-22,39H. The predicted octanol–water partition coefficient (Wildman–Crippen LogP) is 9.35. The minimum Gasteiger partial charge on any atom is -0.309 e. The number of hydrogen-bond donors (Lipinski definition) is 0. The van der Waals surface area contributed by atoms with Gasteiger partial charge in [-0.1, -0.05) is 91.0 Å². The molecule has 7 aromatic rings. The zero-order chi connectivity index (χ0) is 28.2. The summed E-state index contributed by atoms with van der Waals surface area (Å²) in [5.41, 5.74) is 12.1. The van der Waals surface area contributed by atoms with E-state index in [0.29, 0.717) is 11.1 Å². The maximum Gasteiger partial charge on any atom is 0.0992 e. The van der Waals surface area contributed by atoms with E-state index < -0.39 is 0 Å². The van der Waals surface area contributed by atoms with Crippen LogP contribution in [0.1, 0.15) is 33.7 Å². The Balaban J connectivity index is 1.35. The molecule has 0 unspecified atom stereocenters. The second kappa shape index (κ2) is 9.34. The molecule has 1 aromatic heterocycles. The van der Waals surface area contributed by atoms with Crippen LogP contribution in [0.25, 0.3) is 49.7 Å². The first-order chi connectivity index (χ1) is 20.7. The monoisotopic (exact) mass is 533 g/mol. The Labute approximate surface area is 243 Å². The summed E-state index contributed by atoms with van der Waals surface area (Å²) < 4.78 is 2.23. The lowest BCUT2D eigenvalue weighted by molar-refractivity contribution is 1.01. The Bertz CT molecular complexity index is 2190. The molecule has 0 spiro atoms. The van der Waals surface area contributed by atoms with Gasteiger partial charge in [0.25, 0.3) is 0 Å². The summed E-state index contributed by atoms with van der Waals surface area (Å²) >= 11 is 0. The van der Waals surface area contributed by atoms with Gasteiger partial charge < -0.3 is 4.57 Å². The molecule has 1 aliphatic rings. The Morgan fingerprint density at radius 2 is 1.00 bits per heavy atom. The SMILES string of the molecule is N#Cc1cc(-c2cc(C#N)cc(-n3c4ccccc4c4ccccc43)c2)cc(C2c3ccccc3-c3ccccc32)c1. The van der Waals surface area contributed by atoms with Crippen molar-refractivity contribution >= 4 is 21.8 Å². The maximum absolute atomic E-state index is 10.1. The minimum atomic E-state index is 0.0282. The molecule has 0 saturated heterocycles. The number of fused-ring (bicyclic) bond motifs is 6. The van der Waals surface area contributed by atoms with Gasteiger partial charge in [-0.3, -0.25) is 0 Å². The Morgan fingerprint density at radius 3 is 1.60 bits per heavy atom. The highest BCUT2D eigenvalue weighted by molar-refractivity contribution is 6.09. The fraction of sp³-hybridized carbons (Fsp3) is 0.0256. The van der Waals surface area contributed by atoms with Gasteiger partial charge in [-0.05, 0) is 81.4 Å². The van der Waals surface area contributed by atoms with Gasteiger partial charge in [0.2, 0.25) is 0 Å². The summed E-state index contributed by atoms with van der Waals surface area (Å²) in [6.07, 6.45) is 0. The lowest BCUT2D eigenvalue weighted by atomic mass is 9.86. The quantitative estimate of drug-likeness (QED) is 0.227. The van der Waals surface area contributed by atoms with E-state index in [2.05, 4.69) is 114 Å². The first kappa shape index (κ1) is 23.9. The lowest BCUT2D eigenvalue weighted by Crippen LogP contribution is -2.01. The molecule has 1 heterocycles. The summed E-state index contributed by atoms with van der Waals surface area (Å²) in [6.45, 7) is 0. The van der Waals surface area contributed by atoms with E-state index in [0.717, 1.165) is 33.4 Å². The second-order valence-electron chi connectivity index (χ2n) is 10.8. The highest BCUT2D eigenvalue weighted by Gasteiger charge is 2.30. The third-order valence-electron chi connectivity index (χ3n) is 8.47. The number of para-hydroxylation sites is 2. The minimum absolute atomic E-state index is 0.0282. The van der Waals surface area contributed by atoms with Crippen LogP contribution in [0.4, 0.5) is 0 Å². The molecule has 0 atom stereocenters. The molecule has 0 aliphatic heterocycles. The van der Waals surface area contributed by atoms with Crippen molar-refractivity contribution in [2.75, 3.05) is 0 Å². The summed E-state index contributed by atoms with van der Waals surface area (Å²) in [4.78, 5) is 0. The highest BCUT2D eigenvalue weighted by atomic mass is 15.0. The van der Waals surface area contributed by atoms with Crippen LogP contribution in [0.15, 0.2) is 133 Å². The van der Waals surface area contributed by atoms with Crippen LogP contribution in [0, 0.1) is 22.7 Å². The van der Waals surface area contributed by atoms with E-state index in [4.69, 9.17) is 0 Å². The van der Waals surface area contributed by atoms with Crippen LogP contribution >= 0.6 is 0 Å². The molecule has 0 N–H and O–H groups in total. The molecule has 0 fully saturated rings. The third kappa shape index (κ3) is 3.58. The van der Waals surface area contributed by atoms with Crippen molar-refractivity contribution in [2.45, 2.75) is 5.92 Å². The Morgan fingerprint density at radius 1 is 0.500 bits per heavy atom. The molecule has 8 rings (SSSR count). The number of rotatable bonds is 3. The highest BCUT2D eigenvalue weighted by Crippen LogP contribution is 2.48. The fourth-order valence-electron chi connectivity index (χ4n) is 6.74. The van der Waals surface area contributed by atoms with Gasteiger partial charge in [-0.25, -0.2) is 0 Å². The largest absolute Gasteiger partial charge is 0.309 e. The van der Waals surface area contributed by atoms with Crippen molar-refractivity contribution < 1.29 is 0 Å². The molecule has 3 heteroatoms. The van der Waals surface area contributed by atoms with Gasteiger partial charge in [0, 0.05) is 22.4 Å². The zero-order valence-corrected chi connectivity index (χ0v) is 22.6. The molecule has 3 nitrogen and oxygen atoms in total.